The minimum absolute atomic E-state index is 0.0251. The lowest BCUT2D eigenvalue weighted by Crippen LogP contribution is -2.66. The smallest absolute Gasteiger partial charge is 0.273 e. The third-order valence-corrected chi connectivity index (χ3v) is 3.30. The Bertz CT molecular complexity index is 420. The van der Waals surface area contributed by atoms with Gasteiger partial charge in [0.1, 0.15) is 5.92 Å². The fourth-order valence-corrected chi connectivity index (χ4v) is 1.73. The zero-order chi connectivity index (χ0) is 17.6. The second kappa shape index (κ2) is 8.06. The van der Waals surface area contributed by atoms with E-state index in [2.05, 4.69) is 10.6 Å². The van der Waals surface area contributed by atoms with Crippen molar-refractivity contribution in [3.8, 4) is 0 Å². The summed E-state index contributed by atoms with van der Waals surface area (Å²) in [5.41, 5.74) is -1.87. The van der Waals surface area contributed by atoms with Crippen molar-refractivity contribution in [1.29, 1.82) is 0 Å². The lowest BCUT2D eigenvalue weighted by Gasteiger charge is -2.39. The Kier molecular flexibility index (Phi) is 7.44. The number of nitrogens with one attached hydrogen (secondary N) is 3. The zero-order valence-electron chi connectivity index (χ0n) is 13.5. The number of carbonyl (C=O) groups is 3. The zero-order valence-corrected chi connectivity index (χ0v) is 13.5. The molecule has 128 valence electrons. The normalized spacial score (nSPS) is 15.4. The van der Waals surface area contributed by atoms with Crippen molar-refractivity contribution in [2.24, 2.45) is 11.3 Å². The van der Waals surface area contributed by atoms with Gasteiger partial charge in [0.05, 0.1) is 0 Å². The molecule has 0 aliphatic heterocycles. The van der Waals surface area contributed by atoms with E-state index in [-0.39, 0.29) is 13.0 Å². The SMILES string of the molecule is CNC(=O)[C@](O)(NC(=O)[C@H](CCOC)C(=O)NO)C(C)(C)C. The molecule has 9 nitrogen and oxygen atoms in total. The molecule has 0 rings (SSSR count). The van der Waals surface area contributed by atoms with Crippen LogP contribution in [0.15, 0.2) is 0 Å². The van der Waals surface area contributed by atoms with Crippen molar-refractivity contribution < 1.29 is 29.4 Å². The summed E-state index contributed by atoms with van der Waals surface area (Å²) in [7, 11) is 2.70. The van der Waals surface area contributed by atoms with Gasteiger partial charge in [0.2, 0.25) is 11.6 Å². The van der Waals surface area contributed by atoms with Crippen LogP contribution in [-0.4, -0.2) is 54.5 Å². The number of hydrogen-bond acceptors (Lipinski definition) is 6. The Morgan fingerprint density at radius 3 is 2.09 bits per heavy atom. The van der Waals surface area contributed by atoms with Crippen LogP contribution in [0.1, 0.15) is 27.2 Å². The van der Waals surface area contributed by atoms with E-state index in [9.17, 15) is 19.5 Å². The Morgan fingerprint density at radius 1 is 1.18 bits per heavy atom. The molecule has 0 aliphatic carbocycles. The molecule has 9 heteroatoms. The molecule has 22 heavy (non-hydrogen) atoms. The minimum Gasteiger partial charge on any atom is -0.385 e. The molecule has 0 aromatic rings. The van der Waals surface area contributed by atoms with Crippen molar-refractivity contribution in [3.63, 3.8) is 0 Å². The van der Waals surface area contributed by atoms with Crippen LogP contribution in [0, 0.1) is 11.3 Å². The number of likely N-dealkylation sites (N-methyl/N-ethyl adjacent to an activating group) is 1. The maximum atomic E-state index is 12.3. The molecule has 0 aromatic heterocycles. The van der Waals surface area contributed by atoms with E-state index >= 15 is 0 Å². The topological polar surface area (TPSA) is 137 Å². The summed E-state index contributed by atoms with van der Waals surface area (Å²) in [4.78, 5) is 35.8. The average molecular weight is 319 g/mol. The van der Waals surface area contributed by atoms with Crippen LogP contribution in [0.3, 0.4) is 0 Å². The largest absolute Gasteiger partial charge is 0.385 e. The van der Waals surface area contributed by atoms with E-state index in [0.29, 0.717) is 0 Å². The number of hydroxylamine groups is 1. The van der Waals surface area contributed by atoms with Gasteiger partial charge < -0.3 is 20.5 Å². The molecule has 0 unspecified atom stereocenters. The second-order valence-electron chi connectivity index (χ2n) is 5.84. The average Bonchev–Trinajstić information content (AvgIpc) is 2.44. The number of aliphatic hydroxyl groups is 1. The van der Waals surface area contributed by atoms with Gasteiger partial charge in [0.15, 0.2) is 0 Å². The molecule has 0 fully saturated rings. The standard InChI is InChI=1S/C13H25N3O6/c1-12(2,3)13(20,11(19)14-4)15-9(17)8(6-7-22-5)10(18)16-21/h8,20-21H,6-7H2,1-5H3,(H,14,19)(H,15,17)(H,16,18)/t8-,13+/m0/s1. The van der Waals surface area contributed by atoms with Crippen LogP contribution in [0.5, 0.6) is 0 Å². The molecule has 0 saturated carbocycles. The van der Waals surface area contributed by atoms with Crippen molar-refractivity contribution in [1.82, 2.24) is 16.1 Å². The number of ether oxygens (including phenoxy) is 1. The molecule has 0 spiro atoms. The van der Waals surface area contributed by atoms with Crippen LogP contribution < -0.4 is 16.1 Å². The van der Waals surface area contributed by atoms with Gasteiger partial charge in [0, 0.05) is 26.2 Å². The first-order chi connectivity index (χ1) is 10.0. The third-order valence-electron chi connectivity index (χ3n) is 3.30. The predicted molar refractivity (Wildman–Crippen MR) is 76.5 cm³/mol. The molecule has 0 radical (unpaired) electrons. The number of carbonyl (C=O) groups excluding carboxylic acids is 3. The molecule has 2 atom stereocenters. The van der Waals surface area contributed by atoms with Crippen LogP contribution >= 0.6 is 0 Å². The Balaban J connectivity index is 5.38. The Labute approximate surface area is 129 Å². The van der Waals surface area contributed by atoms with Crippen molar-refractivity contribution in [3.05, 3.63) is 0 Å². The van der Waals surface area contributed by atoms with Crippen LogP contribution in [0.25, 0.3) is 0 Å². The molecule has 0 heterocycles. The van der Waals surface area contributed by atoms with E-state index in [1.807, 2.05) is 0 Å². The number of hydrogen-bond donors (Lipinski definition) is 5. The van der Waals surface area contributed by atoms with Crippen molar-refractivity contribution in [2.45, 2.75) is 32.9 Å². The molecule has 5 N–H and O–H groups in total. The van der Waals surface area contributed by atoms with Gasteiger partial charge in [-0.3, -0.25) is 19.6 Å². The quantitative estimate of drug-likeness (QED) is 0.172. The van der Waals surface area contributed by atoms with Gasteiger partial charge in [-0.15, -0.1) is 0 Å². The first kappa shape index (κ1) is 20.3. The highest BCUT2D eigenvalue weighted by atomic mass is 16.5. The monoisotopic (exact) mass is 319 g/mol. The maximum absolute atomic E-state index is 12.3. The van der Waals surface area contributed by atoms with E-state index < -0.39 is 34.8 Å². The molecular formula is C13H25N3O6. The Hall–Kier alpha value is -1.71. The third kappa shape index (κ3) is 4.65. The Morgan fingerprint density at radius 2 is 1.73 bits per heavy atom. The fraction of sp³-hybridized carbons (Fsp3) is 0.769. The van der Waals surface area contributed by atoms with Gasteiger partial charge >= 0.3 is 0 Å². The molecule has 0 saturated heterocycles. The summed E-state index contributed by atoms with van der Waals surface area (Å²) in [5, 5.41) is 23.7. The second-order valence-corrected chi connectivity index (χ2v) is 5.84. The number of rotatable bonds is 7. The highest BCUT2D eigenvalue weighted by Crippen LogP contribution is 2.28. The summed E-state index contributed by atoms with van der Waals surface area (Å²) < 4.78 is 4.80. The van der Waals surface area contributed by atoms with Gasteiger partial charge in [0.25, 0.3) is 11.8 Å². The maximum Gasteiger partial charge on any atom is 0.273 e. The van der Waals surface area contributed by atoms with E-state index in [1.165, 1.54) is 19.6 Å². The lowest BCUT2D eigenvalue weighted by molar-refractivity contribution is -0.166. The van der Waals surface area contributed by atoms with Gasteiger partial charge in [-0.25, -0.2) is 5.48 Å². The summed E-state index contributed by atoms with van der Waals surface area (Å²) >= 11 is 0. The van der Waals surface area contributed by atoms with E-state index in [4.69, 9.17) is 9.94 Å². The van der Waals surface area contributed by atoms with Crippen LogP contribution in [0.4, 0.5) is 0 Å². The highest BCUT2D eigenvalue weighted by Gasteiger charge is 2.49. The minimum atomic E-state index is -2.22. The highest BCUT2D eigenvalue weighted by molar-refractivity contribution is 6.02. The number of amides is 3. The van der Waals surface area contributed by atoms with Crippen LogP contribution in [0.2, 0.25) is 0 Å². The molecular weight excluding hydrogens is 294 g/mol. The number of methoxy groups -OCH3 is 1. The summed E-state index contributed by atoms with van der Waals surface area (Å²) in [6.45, 7) is 4.75. The summed E-state index contributed by atoms with van der Waals surface area (Å²) in [6, 6.07) is 0. The lowest BCUT2D eigenvalue weighted by atomic mass is 9.81. The molecule has 0 aliphatic rings. The molecule has 3 amide bonds. The van der Waals surface area contributed by atoms with E-state index in [0.717, 1.165) is 0 Å². The van der Waals surface area contributed by atoms with Crippen molar-refractivity contribution in [2.75, 3.05) is 20.8 Å². The predicted octanol–water partition coefficient (Wildman–Crippen LogP) is -1.26. The van der Waals surface area contributed by atoms with E-state index in [1.54, 1.807) is 20.8 Å². The summed E-state index contributed by atoms with van der Waals surface area (Å²) in [5.74, 6) is -3.99. The first-order valence-corrected chi connectivity index (χ1v) is 6.74. The van der Waals surface area contributed by atoms with Gasteiger partial charge in [-0.05, 0) is 6.42 Å². The summed E-state index contributed by atoms with van der Waals surface area (Å²) in [6.07, 6.45) is -0.0251. The fourth-order valence-electron chi connectivity index (χ4n) is 1.73. The van der Waals surface area contributed by atoms with Gasteiger partial charge in [-0.1, -0.05) is 20.8 Å². The first-order valence-electron chi connectivity index (χ1n) is 6.74. The van der Waals surface area contributed by atoms with Crippen molar-refractivity contribution >= 4 is 17.7 Å². The molecule has 0 aromatic carbocycles. The van der Waals surface area contributed by atoms with Gasteiger partial charge in [-0.2, -0.15) is 0 Å². The van der Waals surface area contributed by atoms with Crippen LogP contribution in [-0.2, 0) is 19.1 Å². The molecule has 0 bridgehead atoms.